The minimum absolute atomic E-state index is 0.145. The molecule has 1 aromatic rings. The number of rotatable bonds is 9. The predicted molar refractivity (Wildman–Crippen MR) is 88.7 cm³/mol. The molecular formula is C16H23O6P. The van der Waals surface area contributed by atoms with E-state index < -0.39 is 13.6 Å². The molecule has 0 saturated heterocycles. The molecule has 1 rings (SSSR count). The Morgan fingerprint density at radius 1 is 1.09 bits per heavy atom. The number of benzene rings is 1. The van der Waals surface area contributed by atoms with Crippen LogP contribution >= 0.6 is 7.60 Å². The molecule has 1 aromatic carbocycles. The highest BCUT2D eigenvalue weighted by Crippen LogP contribution is 2.49. The minimum atomic E-state index is -3.39. The van der Waals surface area contributed by atoms with Crippen LogP contribution in [0.3, 0.4) is 0 Å². The summed E-state index contributed by atoms with van der Waals surface area (Å²) >= 11 is 0. The summed E-state index contributed by atoms with van der Waals surface area (Å²) in [5.74, 6) is 0.136. The van der Waals surface area contributed by atoms with Crippen molar-refractivity contribution < 1.29 is 27.9 Å². The summed E-state index contributed by atoms with van der Waals surface area (Å²) in [6, 6.07) is 7.11. The molecule has 23 heavy (non-hydrogen) atoms. The van der Waals surface area contributed by atoms with E-state index in [-0.39, 0.29) is 24.9 Å². The number of carbonyl (C=O) groups excluding carboxylic acids is 1. The van der Waals surface area contributed by atoms with Crippen molar-refractivity contribution in [1.82, 2.24) is 0 Å². The lowest BCUT2D eigenvalue weighted by atomic mass is 10.1. The zero-order chi connectivity index (χ0) is 17.3. The van der Waals surface area contributed by atoms with Crippen LogP contribution in [0, 0.1) is 0 Å². The van der Waals surface area contributed by atoms with E-state index in [4.69, 9.17) is 18.5 Å². The van der Waals surface area contributed by atoms with Crippen LogP contribution in [-0.2, 0) is 23.1 Å². The molecule has 0 heterocycles. The molecule has 0 aliphatic carbocycles. The third kappa shape index (κ3) is 6.18. The molecule has 0 spiro atoms. The summed E-state index contributed by atoms with van der Waals surface area (Å²) in [6.07, 6.45) is 1.46. The second-order valence-electron chi connectivity index (χ2n) is 4.54. The van der Waals surface area contributed by atoms with Crippen molar-refractivity contribution >= 4 is 19.6 Å². The van der Waals surface area contributed by atoms with E-state index in [1.54, 1.807) is 51.3 Å². The minimum Gasteiger partial charge on any atom is -0.497 e. The Labute approximate surface area is 136 Å². The van der Waals surface area contributed by atoms with Crippen LogP contribution in [0.25, 0.3) is 6.08 Å². The maximum atomic E-state index is 12.6. The molecule has 0 bridgehead atoms. The first-order chi connectivity index (χ1) is 11.0. The van der Waals surface area contributed by atoms with E-state index in [1.165, 1.54) is 7.11 Å². The Balaban J connectivity index is 3.09. The molecule has 128 valence electrons. The molecular weight excluding hydrogens is 319 g/mol. The van der Waals surface area contributed by atoms with E-state index >= 15 is 0 Å². The first-order valence-electron chi connectivity index (χ1n) is 7.29. The summed E-state index contributed by atoms with van der Waals surface area (Å²) in [7, 11) is -0.540. The van der Waals surface area contributed by atoms with E-state index in [1.807, 2.05) is 0 Å². The number of esters is 1. The SMILES string of the molecule is CCOP(=O)(C/C(=C\c1ccc(OC)cc1)C(=O)OC)OCC. The van der Waals surface area contributed by atoms with Crippen molar-refractivity contribution in [3.8, 4) is 5.75 Å². The van der Waals surface area contributed by atoms with Crippen LogP contribution in [0.15, 0.2) is 29.8 Å². The van der Waals surface area contributed by atoms with E-state index in [0.717, 1.165) is 5.56 Å². The van der Waals surface area contributed by atoms with Crippen LogP contribution in [0.1, 0.15) is 19.4 Å². The van der Waals surface area contributed by atoms with Gasteiger partial charge in [0, 0.05) is 5.57 Å². The Morgan fingerprint density at radius 3 is 2.09 bits per heavy atom. The molecule has 0 aliphatic rings. The Bertz CT molecular complexity index is 569. The molecule has 0 N–H and O–H groups in total. The van der Waals surface area contributed by atoms with Gasteiger partial charge >= 0.3 is 13.6 Å². The highest BCUT2D eigenvalue weighted by atomic mass is 31.2. The number of carbonyl (C=O) groups is 1. The van der Waals surface area contributed by atoms with Gasteiger partial charge in [-0.2, -0.15) is 0 Å². The predicted octanol–water partition coefficient (Wildman–Crippen LogP) is 3.52. The van der Waals surface area contributed by atoms with Crippen molar-refractivity contribution in [3.63, 3.8) is 0 Å². The molecule has 6 nitrogen and oxygen atoms in total. The van der Waals surface area contributed by atoms with Crippen molar-refractivity contribution in [1.29, 1.82) is 0 Å². The number of methoxy groups -OCH3 is 2. The first kappa shape index (κ1) is 19.4. The molecule has 0 fully saturated rings. The van der Waals surface area contributed by atoms with Gasteiger partial charge in [-0.25, -0.2) is 4.79 Å². The lowest BCUT2D eigenvalue weighted by Crippen LogP contribution is -2.11. The Kier molecular flexibility index (Phi) is 8.03. The molecule has 0 saturated carbocycles. The van der Waals surface area contributed by atoms with E-state index in [9.17, 15) is 9.36 Å². The van der Waals surface area contributed by atoms with Crippen molar-refractivity contribution in [3.05, 3.63) is 35.4 Å². The topological polar surface area (TPSA) is 71.1 Å². The van der Waals surface area contributed by atoms with Gasteiger partial charge in [0.2, 0.25) is 0 Å². The average Bonchev–Trinajstić information content (AvgIpc) is 2.54. The maximum absolute atomic E-state index is 12.6. The van der Waals surface area contributed by atoms with Crippen LogP contribution in [0.2, 0.25) is 0 Å². The van der Waals surface area contributed by atoms with Gasteiger partial charge in [0.05, 0.1) is 33.6 Å². The lowest BCUT2D eigenvalue weighted by molar-refractivity contribution is -0.135. The van der Waals surface area contributed by atoms with Crippen molar-refractivity contribution in [2.75, 3.05) is 33.6 Å². The Hall–Kier alpha value is -1.62. The van der Waals surface area contributed by atoms with Gasteiger partial charge in [-0.3, -0.25) is 4.57 Å². The van der Waals surface area contributed by atoms with Gasteiger partial charge < -0.3 is 18.5 Å². The van der Waals surface area contributed by atoms with E-state index in [0.29, 0.717) is 5.75 Å². The zero-order valence-electron chi connectivity index (χ0n) is 13.9. The van der Waals surface area contributed by atoms with Crippen LogP contribution in [0.4, 0.5) is 0 Å². The van der Waals surface area contributed by atoms with Gasteiger partial charge in [-0.1, -0.05) is 12.1 Å². The maximum Gasteiger partial charge on any atom is 0.335 e. The highest BCUT2D eigenvalue weighted by Gasteiger charge is 2.28. The summed E-state index contributed by atoms with van der Waals surface area (Å²) in [5, 5.41) is 0. The monoisotopic (exact) mass is 342 g/mol. The number of hydrogen-bond acceptors (Lipinski definition) is 6. The van der Waals surface area contributed by atoms with Gasteiger partial charge in [-0.15, -0.1) is 0 Å². The fourth-order valence-corrected chi connectivity index (χ4v) is 3.61. The third-order valence-corrected chi connectivity index (χ3v) is 4.95. The summed E-state index contributed by atoms with van der Waals surface area (Å²) in [4.78, 5) is 12.0. The third-order valence-electron chi connectivity index (χ3n) is 2.92. The second kappa shape index (κ2) is 9.50. The fraction of sp³-hybridized carbons (Fsp3) is 0.438. The molecule has 0 aromatic heterocycles. The van der Waals surface area contributed by atoms with Gasteiger partial charge in [0.15, 0.2) is 0 Å². The second-order valence-corrected chi connectivity index (χ2v) is 6.59. The summed E-state index contributed by atoms with van der Waals surface area (Å²) < 4.78 is 32.9. The smallest absolute Gasteiger partial charge is 0.335 e. The number of ether oxygens (including phenoxy) is 2. The molecule has 7 heteroatoms. The van der Waals surface area contributed by atoms with Gasteiger partial charge in [-0.05, 0) is 37.6 Å². The van der Waals surface area contributed by atoms with Crippen LogP contribution in [0.5, 0.6) is 5.75 Å². The van der Waals surface area contributed by atoms with E-state index in [2.05, 4.69) is 0 Å². The summed E-state index contributed by atoms with van der Waals surface area (Å²) in [6.45, 7) is 3.90. The fourth-order valence-electron chi connectivity index (χ4n) is 1.93. The van der Waals surface area contributed by atoms with Crippen LogP contribution in [-0.4, -0.2) is 39.6 Å². The average molecular weight is 342 g/mol. The van der Waals surface area contributed by atoms with Gasteiger partial charge in [0.25, 0.3) is 0 Å². The van der Waals surface area contributed by atoms with Crippen molar-refractivity contribution in [2.45, 2.75) is 13.8 Å². The largest absolute Gasteiger partial charge is 0.497 e. The van der Waals surface area contributed by atoms with Gasteiger partial charge in [0.1, 0.15) is 5.75 Å². The highest BCUT2D eigenvalue weighted by molar-refractivity contribution is 7.54. The lowest BCUT2D eigenvalue weighted by Gasteiger charge is -2.17. The van der Waals surface area contributed by atoms with Crippen molar-refractivity contribution in [2.24, 2.45) is 0 Å². The summed E-state index contributed by atoms with van der Waals surface area (Å²) in [5.41, 5.74) is 0.980. The molecule has 0 unspecified atom stereocenters. The normalized spacial score (nSPS) is 12.1. The molecule has 0 amide bonds. The molecule has 0 atom stereocenters. The first-order valence-corrected chi connectivity index (χ1v) is 9.01. The molecule has 0 aliphatic heterocycles. The molecule has 0 radical (unpaired) electrons. The Morgan fingerprint density at radius 2 is 1.65 bits per heavy atom. The zero-order valence-corrected chi connectivity index (χ0v) is 14.8. The standard InChI is InChI=1S/C16H23O6P/c1-5-21-23(18,22-6-2)12-14(16(17)20-4)11-13-7-9-15(19-3)10-8-13/h7-11H,5-6,12H2,1-4H3/b14-11+. The number of hydrogen-bond donors (Lipinski definition) is 0. The quantitative estimate of drug-likeness (QED) is 0.388. The van der Waals surface area contributed by atoms with Crippen LogP contribution < -0.4 is 4.74 Å².